The molecule has 0 atom stereocenters. The van der Waals surface area contributed by atoms with Crippen molar-refractivity contribution in [2.24, 2.45) is 5.92 Å². The van der Waals surface area contributed by atoms with Crippen molar-refractivity contribution in [3.05, 3.63) is 23.2 Å². The van der Waals surface area contributed by atoms with Crippen molar-refractivity contribution in [2.45, 2.75) is 20.3 Å². The zero-order chi connectivity index (χ0) is 17.9. The fourth-order valence-corrected chi connectivity index (χ4v) is 4.10. The molecule has 9 heteroatoms. The first kappa shape index (κ1) is 18.5. The number of carbonyl (C=O) groups excluding carboxylic acids is 2. The summed E-state index contributed by atoms with van der Waals surface area (Å²) in [7, 11) is -3.39. The Labute approximate surface area is 146 Å². The molecule has 0 bridgehead atoms. The van der Waals surface area contributed by atoms with Gasteiger partial charge in [0.25, 0.3) is 0 Å². The van der Waals surface area contributed by atoms with Crippen LogP contribution in [0.5, 0.6) is 0 Å². The van der Waals surface area contributed by atoms with Gasteiger partial charge in [-0.25, -0.2) is 8.42 Å². The Morgan fingerprint density at radius 3 is 2.58 bits per heavy atom. The number of benzene rings is 1. The number of nitrogens with one attached hydrogen (secondary N) is 2. The second-order valence-electron chi connectivity index (χ2n) is 5.97. The summed E-state index contributed by atoms with van der Waals surface area (Å²) >= 11 is 6.09. The molecule has 132 valence electrons. The Balaban J connectivity index is 2.14. The van der Waals surface area contributed by atoms with Gasteiger partial charge in [-0.2, -0.15) is 0 Å². The summed E-state index contributed by atoms with van der Waals surface area (Å²) in [6.07, 6.45) is 0.521. The summed E-state index contributed by atoms with van der Waals surface area (Å²) < 4.78 is 25.3. The van der Waals surface area contributed by atoms with Crippen molar-refractivity contribution in [3.63, 3.8) is 0 Å². The second kappa shape index (κ2) is 7.40. The fourth-order valence-electron chi connectivity index (χ4n) is 2.26. The third-order valence-electron chi connectivity index (χ3n) is 3.45. The lowest BCUT2D eigenvalue weighted by Gasteiger charge is -2.19. The average Bonchev–Trinajstić information content (AvgIpc) is 2.85. The van der Waals surface area contributed by atoms with Gasteiger partial charge in [-0.1, -0.05) is 25.4 Å². The molecule has 0 saturated carbocycles. The maximum absolute atomic E-state index is 12.0. The molecule has 1 aromatic rings. The monoisotopic (exact) mass is 373 g/mol. The van der Waals surface area contributed by atoms with Gasteiger partial charge in [0.2, 0.25) is 10.0 Å². The van der Waals surface area contributed by atoms with Gasteiger partial charge in [0, 0.05) is 18.8 Å². The summed E-state index contributed by atoms with van der Waals surface area (Å²) in [6, 6.07) is 4.47. The molecule has 24 heavy (non-hydrogen) atoms. The van der Waals surface area contributed by atoms with E-state index in [4.69, 9.17) is 11.6 Å². The van der Waals surface area contributed by atoms with Crippen LogP contribution in [-0.2, 0) is 19.6 Å². The Morgan fingerprint density at radius 2 is 2.00 bits per heavy atom. The maximum Gasteiger partial charge on any atom is 0.313 e. The van der Waals surface area contributed by atoms with E-state index in [1.165, 1.54) is 22.5 Å². The van der Waals surface area contributed by atoms with E-state index in [2.05, 4.69) is 10.6 Å². The Hall–Kier alpha value is -1.80. The van der Waals surface area contributed by atoms with Crippen LogP contribution in [0.1, 0.15) is 20.3 Å². The van der Waals surface area contributed by atoms with Crippen LogP contribution in [0, 0.1) is 5.92 Å². The van der Waals surface area contributed by atoms with Gasteiger partial charge in [0.05, 0.1) is 16.5 Å². The number of sulfonamides is 1. The van der Waals surface area contributed by atoms with E-state index >= 15 is 0 Å². The zero-order valence-corrected chi connectivity index (χ0v) is 15.1. The predicted octanol–water partition coefficient (Wildman–Crippen LogP) is 1.59. The van der Waals surface area contributed by atoms with Crippen molar-refractivity contribution >= 4 is 44.8 Å². The van der Waals surface area contributed by atoms with Crippen LogP contribution in [0.25, 0.3) is 0 Å². The number of amides is 2. The van der Waals surface area contributed by atoms with Crippen LogP contribution < -0.4 is 14.9 Å². The van der Waals surface area contributed by atoms with Gasteiger partial charge in [0.1, 0.15) is 0 Å². The number of carbonyl (C=O) groups is 2. The van der Waals surface area contributed by atoms with Gasteiger partial charge in [-0.15, -0.1) is 0 Å². The van der Waals surface area contributed by atoms with E-state index in [-0.39, 0.29) is 16.7 Å². The van der Waals surface area contributed by atoms with E-state index in [0.717, 1.165) is 0 Å². The average molecular weight is 374 g/mol. The number of hydrogen-bond donors (Lipinski definition) is 2. The van der Waals surface area contributed by atoms with Gasteiger partial charge in [0.15, 0.2) is 0 Å². The van der Waals surface area contributed by atoms with Crippen LogP contribution in [0.3, 0.4) is 0 Å². The third-order valence-corrected chi connectivity index (χ3v) is 5.62. The minimum absolute atomic E-state index is 0.0670. The number of nitrogens with zero attached hydrogens (tertiary/aromatic N) is 1. The van der Waals surface area contributed by atoms with E-state index < -0.39 is 21.8 Å². The summed E-state index contributed by atoms with van der Waals surface area (Å²) in [4.78, 5) is 23.6. The smallest absolute Gasteiger partial charge is 0.313 e. The van der Waals surface area contributed by atoms with Crippen molar-refractivity contribution in [1.29, 1.82) is 0 Å². The molecule has 1 aromatic carbocycles. The topological polar surface area (TPSA) is 95.6 Å². The summed E-state index contributed by atoms with van der Waals surface area (Å²) in [5, 5.41) is 5.23. The van der Waals surface area contributed by atoms with E-state index in [9.17, 15) is 18.0 Å². The number of anilines is 2. The minimum atomic E-state index is -3.39. The molecular weight excluding hydrogens is 354 g/mol. The molecule has 0 spiro atoms. The van der Waals surface area contributed by atoms with Gasteiger partial charge in [-0.3, -0.25) is 13.9 Å². The van der Waals surface area contributed by atoms with Gasteiger partial charge in [-0.05, 0) is 30.5 Å². The lowest BCUT2D eigenvalue weighted by molar-refractivity contribution is -0.136. The van der Waals surface area contributed by atoms with Crippen LogP contribution >= 0.6 is 11.6 Å². The molecule has 1 aliphatic rings. The van der Waals surface area contributed by atoms with Gasteiger partial charge < -0.3 is 10.6 Å². The lowest BCUT2D eigenvalue weighted by atomic mass is 10.2. The van der Waals surface area contributed by atoms with Crippen molar-refractivity contribution in [2.75, 3.05) is 28.5 Å². The largest absolute Gasteiger partial charge is 0.348 e. The maximum atomic E-state index is 12.0. The van der Waals surface area contributed by atoms with Crippen molar-refractivity contribution in [3.8, 4) is 0 Å². The molecule has 0 aliphatic carbocycles. The molecule has 0 unspecified atom stereocenters. The van der Waals surface area contributed by atoms with E-state index in [1.807, 2.05) is 13.8 Å². The molecule has 1 saturated heterocycles. The van der Waals surface area contributed by atoms with Crippen LogP contribution in [0.2, 0.25) is 5.02 Å². The number of rotatable bonds is 4. The van der Waals surface area contributed by atoms with Crippen molar-refractivity contribution in [1.82, 2.24) is 5.32 Å². The highest BCUT2D eigenvalue weighted by Crippen LogP contribution is 2.33. The van der Waals surface area contributed by atoms with Crippen LogP contribution in [0.4, 0.5) is 11.4 Å². The molecule has 1 aliphatic heterocycles. The third kappa shape index (κ3) is 4.39. The first-order valence-corrected chi connectivity index (χ1v) is 9.58. The Kier molecular flexibility index (Phi) is 5.71. The summed E-state index contributed by atoms with van der Waals surface area (Å²) in [6.45, 7) is 4.57. The standard InChI is InChI=1S/C15H20ClN3O4S/c1-10(2)9-17-14(20)15(21)18-11-4-5-12(16)13(8-11)19-6-3-7-24(19,22)23/h4-5,8,10H,3,6-7,9H2,1-2H3,(H,17,20)(H,18,21). The molecule has 1 heterocycles. The van der Waals surface area contributed by atoms with E-state index in [1.54, 1.807) is 0 Å². The lowest BCUT2D eigenvalue weighted by Crippen LogP contribution is -2.37. The predicted molar refractivity (Wildman–Crippen MR) is 93.7 cm³/mol. The first-order valence-electron chi connectivity index (χ1n) is 7.60. The number of halogens is 1. The molecule has 2 rings (SSSR count). The zero-order valence-electron chi connectivity index (χ0n) is 13.5. The SMILES string of the molecule is CC(C)CNC(=O)C(=O)Nc1ccc(Cl)c(N2CCCS2(=O)=O)c1. The molecule has 0 radical (unpaired) electrons. The van der Waals surface area contributed by atoms with Gasteiger partial charge >= 0.3 is 11.8 Å². The molecule has 2 amide bonds. The summed E-state index contributed by atoms with van der Waals surface area (Å²) in [5.74, 6) is -1.26. The molecule has 0 aromatic heterocycles. The number of hydrogen-bond acceptors (Lipinski definition) is 4. The second-order valence-corrected chi connectivity index (χ2v) is 8.39. The highest BCUT2D eigenvalue weighted by atomic mass is 35.5. The minimum Gasteiger partial charge on any atom is -0.348 e. The quantitative estimate of drug-likeness (QED) is 0.783. The first-order chi connectivity index (χ1) is 11.2. The van der Waals surface area contributed by atoms with Crippen LogP contribution in [0.15, 0.2) is 18.2 Å². The molecule has 1 fully saturated rings. The highest BCUT2D eigenvalue weighted by Gasteiger charge is 2.30. The molecular formula is C15H20ClN3O4S. The molecule has 7 nitrogen and oxygen atoms in total. The fraction of sp³-hybridized carbons (Fsp3) is 0.467. The Morgan fingerprint density at radius 1 is 1.29 bits per heavy atom. The van der Waals surface area contributed by atoms with Crippen LogP contribution in [-0.4, -0.2) is 39.1 Å². The van der Waals surface area contributed by atoms with E-state index in [0.29, 0.717) is 30.9 Å². The Bertz CT molecular complexity index is 749. The highest BCUT2D eigenvalue weighted by molar-refractivity contribution is 7.93. The molecule has 2 N–H and O–H groups in total. The van der Waals surface area contributed by atoms with Crippen molar-refractivity contribution < 1.29 is 18.0 Å². The summed E-state index contributed by atoms with van der Waals surface area (Å²) in [5.41, 5.74) is 0.607. The normalized spacial score (nSPS) is 16.2.